The molecule has 0 amide bonds. The number of aliphatic hydroxyl groups excluding tert-OH is 2. The lowest BCUT2D eigenvalue weighted by Crippen LogP contribution is -2.22. The molecule has 0 saturated carbocycles. The number of hydrogen-bond donors (Lipinski definition) is 3. The lowest BCUT2D eigenvalue weighted by atomic mass is 10.0. The molecule has 0 radical (unpaired) electrons. The Morgan fingerprint density at radius 1 is 1.22 bits per heavy atom. The van der Waals surface area contributed by atoms with Gasteiger partial charge in [0.25, 0.3) is 0 Å². The van der Waals surface area contributed by atoms with E-state index in [4.69, 9.17) is 5.11 Å². The number of carbonyl (C=O) groups excluding carboxylic acids is 1. The third kappa shape index (κ3) is 3.54. The molecule has 0 aliphatic rings. The fourth-order valence-corrected chi connectivity index (χ4v) is 1.41. The van der Waals surface area contributed by atoms with Crippen LogP contribution in [0.25, 0.3) is 0 Å². The van der Waals surface area contributed by atoms with Gasteiger partial charge in [-0.1, -0.05) is 12.1 Å². The van der Waals surface area contributed by atoms with Gasteiger partial charge < -0.3 is 20.1 Å². The molecule has 98 valence electrons. The van der Waals surface area contributed by atoms with Gasteiger partial charge in [-0.05, 0) is 17.7 Å². The minimum atomic E-state index is -1.30. The van der Waals surface area contributed by atoms with Crippen molar-refractivity contribution < 1.29 is 29.6 Å². The number of carboxylic acids is 1. The van der Waals surface area contributed by atoms with E-state index in [1.807, 2.05) is 0 Å². The molecule has 6 nitrogen and oxygen atoms in total. The summed E-state index contributed by atoms with van der Waals surface area (Å²) in [5.41, 5.74) is 0.407. The Labute approximate surface area is 103 Å². The van der Waals surface area contributed by atoms with Crippen molar-refractivity contribution in [3.8, 4) is 0 Å². The molecule has 1 aromatic rings. The molecule has 0 fully saturated rings. The highest BCUT2D eigenvalue weighted by atomic mass is 16.5. The molecule has 2 atom stereocenters. The number of aliphatic hydroxyl groups is 2. The van der Waals surface area contributed by atoms with E-state index in [0.717, 1.165) is 0 Å². The summed E-state index contributed by atoms with van der Waals surface area (Å²) < 4.78 is 4.37. The molecule has 3 N–H and O–H groups in total. The molecule has 6 heteroatoms. The van der Waals surface area contributed by atoms with E-state index in [2.05, 4.69) is 4.74 Å². The van der Waals surface area contributed by atoms with Gasteiger partial charge in [0.05, 0.1) is 25.2 Å². The normalized spacial score (nSPS) is 13.7. The summed E-state index contributed by atoms with van der Waals surface area (Å²) in [6.45, 7) is 0. The van der Waals surface area contributed by atoms with Crippen LogP contribution < -0.4 is 0 Å². The molecular formula is C12H14O6. The zero-order valence-corrected chi connectivity index (χ0v) is 9.74. The van der Waals surface area contributed by atoms with Crippen molar-refractivity contribution >= 4 is 11.9 Å². The van der Waals surface area contributed by atoms with Gasteiger partial charge in [0, 0.05) is 0 Å². The maximum Gasteiger partial charge on any atom is 0.335 e. The molecule has 0 saturated heterocycles. The van der Waals surface area contributed by atoms with Gasteiger partial charge in [0.2, 0.25) is 0 Å². The Morgan fingerprint density at radius 2 is 1.78 bits per heavy atom. The summed E-state index contributed by atoms with van der Waals surface area (Å²) in [5, 5.41) is 28.0. The van der Waals surface area contributed by atoms with Crippen molar-refractivity contribution in [2.24, 2.45) is 0 Å². The average molecular weight is 254 g/mol. The number of carboxylic acid groups (broad SMARTS) is 1. The van der Waals surface area contributed by atoms with Gasteiger partial charge in [-0.3, -0.25) is 4.79 Å². The summed E-state index contributed by atoms with van der Waals surface area (Å²) in [4.78, 5) is 21.6. The lowest BCUT2D eigenvalue weighted by Gasteiger charge is -2.17. The molecule has 1 rings (SSSR count). The second-order valence-electron chi connectivity index (χ2n) is 3.72. The first-order valence-corrected chi connectivity index (χ1v) is 5.22. The molecule has 2 unspecified atom stereocenters. The van der Waals surface area contributed by atoms with Crippen LogP contribution in [0.2, 0.25) is 0 Å². The topological polar surface area (TPSA) is 104 Å². The smallest absolute Gasteiger partial charge is 0.335 e. The first-order valence-electron chi connectivity index (χ1n) is 5.22. The Kier molecular flexibility index (Phi) is 4.82. The van der Waals surface area contributed by atoms with E-state index in [-0.39, 0.29) is 12.0 Å². The number of carbonyl (C=O) groups is 2. The Bertz CT molecular complexity index is 425. The summed E-state index contributed by atoms with van der Waals surface area (Å²) in [7, 11) is 1.18. The second kappa shape index (κ2) is 6.13. The van der Waals surface area contributed by atoms with Crippen LogP contribution in [0.5, 0.6) is 0 Å². The number of aromatic carboxylic acids is 1. The van der Waals surface area contributed by atoms with Crippen LogP contribution in [0, 0.1) is 0 Å². The Hall–Kier alpha value is -1.92. The Balaban J connectivity index is 2.74. The lowest BCUT2D eigenvalue weighted by molar-refractivity contribution is -0.144. The molecule has 0 bridgehead atoms. The maximum atomic E-state index is 10.9. The third-order valence-corrected chi connectivity index (χ3v) is 2.47. The van der Waals surface area contributed by atoms with E-state index >= 15 is 0 Å². The molecule has 0 aromatic heterocycles. The zero-order valence-electron chi connectivity index (χ0n) is 9.74. The number of esters is 1. The largest absolute Gasteiger partial charge is 0.478 e. The summed E-state index contributed by atoms with van der Waals surface area (Å²) in [5.74, 6) is -1.71. The average Bonchev–Trinajstić information content (AvgIpc) is 2.37. The number of benzene rings is 1. The van der Waals surface area contributed by atoms with Gasteiger partial charge in [-0.2, -0.15) is 0 Å². The predicted molar refractivity (Wildman–Crippen MR) is 61.0 cm³/mol. The SMILES string of the molecule is COC(=O)CC(O)C(O)c1ccc(C(=O)O)cc1. The van der Waals surface area contributed by atoms with Crippen molar-refractivity contribution in [3.63, 3.8) is 0 Å². The molecule has 1 aromatic carbocycles. The van der Waals surface area contributed by atoms with Crippen molar-refractivity contribution in [2.45, 2.75) is 18.6 Å². The quantitative estimate of drug-likeness (QED) is 0.655. The fraction of sp³-hybridized carbons (Fsp3) is 0.333. The Morgan fingerprint density at radius 3 is 2.22 bits per heavy atom. The predicted octanol–water partition coefficient (Wildman–Crippen LogP) is 0.342. The van der Waals surface area contributed by atoms with Crippen LogP contribution in [0.3, 0.4) is 0 Å². The highest BCUT2D eigenvalue weighted by molar-refractivity contribution is 5.87. The number of rotatable bonds is 5. The number of hydrogen-bond acceptors (Lipinski definition) is 5. The van der Waals surface area contributed by atoms with Crippen LogP contribution in [-0.2, 0) is 9.53 Å². The summed E-state index contributed by atoms with van der Waals surface area (Å²) >= 11 is 0. The molecule has 0 aliphatic heterocycles. The van der Waals surface area contributed by atoms with Crippen LogP contribution in [-0.4, -0.2) is 40.5 Å². The van der Waals surface area contributed by atoms with E-state index in [9.17, 15) is 19.8 Å². The minimum absolute atomic E-state index is 0.0772. The van der Waals surface area contributed by atoms with Gasteiger partial charge >= 0.3 is 11.9 Å². The monoisotopic (exact) mass is 254 g/mol. The van der Waals surface area contributed by atoms with Crippen LogP contribution in [0.1, 0.15) is 28.4 Å². The van der Waals surface area contributed by atoms with Crippen LogP contribution >= 0.6 is 0 Å². The number of methoxy groups -OCH3 is 1. The first kappa shape index (κ1) is 14.1. The summed E-state index contributed by atoms with van der Waals surface area (Å²) in [6, 6.07) is 5.39. The molecule has 18 heavy (non-hydrogen) atoms. The minimum Gasteiger partial charge on any atom is -0.478 e. The van der Waals surface area contributed by atoms with Gasteiger partial charge in [-0.25, -0.2) is 4.79 Å². The van der Waals surface area contributed by atoms with Gasteiger partial charge in [0.15, 0.2) is 0 Å². The van der Waals surface area contributed by atoms with Gasteiger partial charge in [-0.15, -0.1) is 0 Å². The highest BCUT2D eigenvalue weighted by Gasteiger charge is 2.21. The standard InChI is InChI=1S/C12H14O6/c1-18-10(14)6-9(13)11(15)7-2-4-8(5-3-7)12(16)17/h2-5,9,11,13,15H,6H2,1H3,(H,16,17). The second-order valence-corrected chi connectivity index (χ2v) is 3.72. The molecule has 0 spiro atoms. The van der Waals surface area contributed by atoms with E-state index in [1.165, 1.54) is 31.4 Å². The van der Waals surface area contributed by atoms with Crippen molar-refractivity contribution in [1.29, 1.82) is 0 Å². The van der Waals surface area contributed by atoms with E-state index in [1.54, 1.807) is 0 Å². The van der Waals surface area contributed by atoms with E-state index < -0.39 is 24.1 Å². The zero-order chi connectivity index (χ0) is 13.7. The number of ether oxygens (including phenoxy) is 1. The van der Waals surface area contributed by atoms with E-state index in [0.29, 0.717) is 5.56 Å². The van der Waals surface area contributed by atoms with Crippen LogP contribution in [0.4, 0.5) is 0 Å². The highest BCUT2D eigenvalue weighted by Crippen LogP contribution is 2.19. The fourth-order valence-electron chi connectivity index (χ4n) is 1.41. The first-order chi connectivity index (χ1) is 8.45. The van der Waals surface area contributed by atoms with Gasteiger partial charge in [0.1, 0.15) is 6.10 Å². The molecular weight excluding hydrogens is 240 g/mol. The van der Waals surface area contributed by atoms with Crippen molar-refractivity contribution in [2.75, 3.05) is 7.11 Å². The third-order valence-electron chi connectivity index (χ3n) is 2.47. The van der Waals surface area contributed by atoms with Crippen molar-refractivity contribution in [3.05, 3.63) is 35.4 Å². The van der Waals surface area contributed by atoms with Crippen molar-refractivity contribution in [1.82, 2.24) is 0 Å². The molecule has 0 aliphatic carbocycles. The summed E-state index contributed by atoms with van der Waals surface area (Å²) in [6.07, 6.45) is -2.90. The maximum absolute atomic E-state index is 10.9. The molecule has 0 heterocycles. The van der Waals surface area contributed by atoms with Crippen LogP contribution in [0.15, 0.2) is 24.3 Å².